The fourth-order valence-electron chi connectivity index (χ4n) is 3.22. The van der Waals surface area contributed by atoms with Crippen molar-refractivity contribution in [2.75, 3.05) is 11.9 Å². The van der Waals surface area contributed by atoms with Crippen molar-refractivity contribution < 1.29 is 14.3 Å². The van der Waals surface area contributed by atoms with Crippen LogP contribution in [-0.4, -0.2) is 28.4 Å². The number of benzene rings is 1. The van der Waals surface area contributed by atoms with Gasteiger partial charge in [-0.15, -0.1) is 11.3 Å². The highest BCUT2D eigenvalue weighted by Crippen LogP contribution is 2.34. The largest absolute Gasteiger partial charge is 0.462 e. The highest BCUT2D eigenvalue weighted by Gasteiger charge is 2.38. The molecule has 1 N–H and O–H groups in total. The first-order chi connectivity index (χ1) is 13.7. The van der Waals surface area contributed by atoms with E-state index in [1.807, 2.05) is 23.6 Å². The lowest BCUT2D eigenvalue weighted by molar-refractivity contribution is 0.0526. The minimum atomic E-state index is -0.414. The van der Waals surface area contributed by atoms with Crippen LogP contribution < -0.4 is 5.32 Å². The van der Waals surface area contributed by atoms with Gasteiger partial charge in [0.2, 0.25) is 0 Å². The number of hydrogen-bond donors (Lipinski definition) is 1. The molecule has 0 bridgehead atoms. The highest BCUT2D eigenvalue weighted by atomic mass is 32.1. The highest BCUT2D eigenvalue weighted by molar-refractivity contribution is 7.09. The molecule has 0 unspecified atom stereocenters. The smallest absolute Gasteiger partial charge is 0.338 e. The topological polar surface area (TPSA) is 71.5 Å². The molecule has 1 aliphatic heterocycles. The monoisotopic (exact) mass is 393 g/mol. The van der Waals surface area contributed by atoms with Gasteiger partial charge in [0.1, 0.15) is 6.17 Å². The molecule has 0 spiro atoms. The summed E-state index contributed by atoms with van der Waals surface area (Å²) >= 11 is 1.61. The second-order valence-corrected chi connectivity index (χ2v) is 7.33. The molecule has 0 fully saturated rings. The number of nitrogens with one attached hydrogen (secondary N) is 1. The minimum Gasteiger partial charge on any atom is -0.462 e. The molecule has 28 heavy (non-hydrogen) atoms. The maximum Gasteiger partial charge on any atom is 0.338 e. The normalized spacial score (nSPS) is 15.4. The number of esters is 1. The SMILES string of the molecule is CCOC(=O)c1cccc(N[C@@H]2c3ncccc3C(=O)N2Cc2cccs2)c1. The summed E-state index contributed by atoms with van der Waals surface area (Å²) in [7, 11) is 0. The van der Waals surface area contributed by atoms with Gasteiger partial charge in [-0.25, -0.2) is 4.79 Å². The molecule has 0 aliphatic carbocycles. The molecular weight excluding hydrogens is 374 g/mol. The third kappa shape index (κ3) is 3.48. The van der Waals surface area contributed by atoms with Gasteiger partial charge in [-0.3, -0.25) is 9.78 Å². The summed E-state index contributed by atoms with van der Waals surface area (Å²) in [6, 6.07) is 14.6. The number of rotatable bonds is 6. The predicted octanol–water partition coefficient (Wildman–Crippen LogP) is 4.09. The van der Waals surface area contributed by atoms with Gasteiger partial charge in [-0.05, 0) is 48.7 Å². The molecule has 3 heterocycles. The van der Waals surface area contributed by atoms with Crippen LogP contribution in [0.4, 0.5) is 5.69 Å². The zero-order valence-corrected chi connectivity index (χ0v) is 16.1. The average Bonchev–Trinajstić information content (AvgIpc) is 3.32. The van der Waals surface area contributed by atoms with Crippen LogP contribution in [0.25, 0.3) is 0 Å². The number of aromatic nitrogens is 1. The van der Waals surface area contributed by atoms with E-state index in [-0.39, 0.29) is 11.9 Å². The van der Waals surface area contributed by atoms with Gasteiger partial charge in [-0.1, -0.05) is 12.1 Å². The maximum atomic E-state index is 13.0. The second-order valence-electron chi connectivity index (χ2n) is 6.30. The molecule has 1 amide bonds. The van der Waals surface area contributed by atoms with E-state index in [1.54, 1.807) is 59.7 Å². The molecule has 0 saturated carbocycles. The Kier molecular flexibility index (Phi) is 5.08. The van der Waals surface area contributed by atoms with E-state index < -0.39 is 6.17 Å². The number of anilines is 1. The number of fused-ring (bicyclic) bond motifs is 1. The summed E-state index contributed by atoms with van der Waals surface area (Å²) in [5.41, 5.74) is 2.46. The Balaban J connectivity index is 1.65. The van der Waals surface area contributed by atoms with Crippen LogP contribution in [0.3, 0.4) is 0 Å². The lowest BCUT2D eigenvalue weighted by Crippen LogP contribution is -2.31. The zero-order chi connectivity index (χ0) is 19.5. The number of hydrogen-bond acceptors (Lipinski definition) is 6. The van der Waals surface area contributed by atoms with Crippen LogP contribution in [0.1, 0.15) is 44.4 Å². The lowest BCUT2D eigenvalue weighted by Gasteiger charge is -2.26. The minimum absolute atomic E-state index is 0.0597. The van der Waals surface area contributed by atoms with Gasteiger partial charge >= 0.3 is 5.97 Å². The third-order valence-corrected chi connectivity index (χ3v) is 5.34. The van der Waals surface area contributed by atoms with E-state index in [1.165, 1.54) is 0 Å². The van der Waals surface area contributed by atoms with Gasteiger partial charge in [0.05, 0.1) is 30.0 Å². The number of carbonyl (C=O) groups is 2. The van der Waals surface area contributed by atoms with Gasteiger partial charge in [0, 0.05) is 16.8 Å². The fourth-order valence-corrected chi connectivity index (χ4v) is 3.93. The van der Waals surface area contributed by atoms with E-state index in [9.17, 15) is 9.59 Å². The van der Waals surface area contributed by atoms with E-state index in [0.29, 0.717) is 30.0 Å². The average molecular weight is 393 g/mol. The third-order valence-electron chi connectivity index (χ3n) is 4.48. The zero-order valence-electron chi connectivity index (χ0n) is 15.3. The molecule has 1 aromatic carbocycles. The molecule has 0 saturated heterocycles. The first kappa shape index (κ1) is 18.2. The summed E-state index contributed by atoms with van der Waals surface area (Å²) < 4.78 is 5.08. The van der Waals surface area contributed by atoms with Crippen molar-refractivity contribution in [1.29, 1.82) is 0 Å². The summed E-state index contributed by atoms with van der Waals surface area (Å²) in [6.07, 6.45) is 1.27. The number of ether oxygens (including phenoxy) is 1. The Bertz CT molecular complexity index is 1000. The van der Waals surface area contributed by atoms with Crippen LogP contribution in [0, 0.1) is 0 Å². The molecule has 1 atom stereocenters. The van der Waals surface area contributed by atoms with Crippen LogP contribution in [-0.2, 0) is 11.3 Å². The van der Waals surface area contributed by atoms with Crippen molar-refractivity contribution in [2.45, 2.75) is 19.6 Å². The molecule has 4 rings (SSSR count). The van der Waals surface area contributed by atoms with Crippen molar-refractivity contribution in [2.24, 2.45) is 0 Å². The van der Waals surface area contributed by atoms with E-state index in [4.69, 9.17) is 4.74 Å². The molecular formula is C21H19N3O3S. The van der Waals surface area contributed by atoms with E-state index in [0.717, 1.165) is 10.6 Å². The summed E-state index contributed by atoms with van der Waals surface area (Å²) in [6.45, 7) is 2.58. The van der Waals surface area contributed by atoms with E-state index in [2.05, 4.69) is 10.3 Å². The molecule has 7 heteroatoms. The Morgan fingerprint density at radius 3 is 2.93 bits per heavy atom. The molecule has 0 radical (unpaired) electrons. The van der Waals surface area contributed by atoms with Crippen molar-refractivity contribution in [3.05, 3.63) is 81.8 Å². The molecule has 2 aromatic heterocycles. The quantitative estimate of drug-likeness (QED) is 0.639. The van der Waals surface area contributed by atoms with Gasteiger partial charge in [0.25, 0.3) is 5.91 Å². The second kappa shape index (κ2) is 7.82. The molecule has 1 aliphatic rings. The van der Waals surface area contributed by atoms with Gasteiger partial charge in [-0.2, -0.15) is 0 Å². The van der Waals surface area contributed by atoms with Crippen LogP contribution in [0.15, 0.2) is 60.1 Å². The number of carbonyl (C=O) groups excluding carboxylic acids is 2. The molecule has 6 nitrogen and oxygen atoms in total. The number of pyridine rings is 1. The van der Waals surface area contributed by atoms with Gasteiger partial charge < -0.3 is 15.0 Å². The maximum absolute atomic E-state index is 13.0. The Labute approximate surface area is 166 Å². The summed E-state index contributed by atoms with van der Waals surface area (Å²) in [5.74, 6) is -0.432. The Morgan fingerprint density at radius 2 is 2.14 bits per heavy atom. The summed E-state index contributed by atoms with van der Waals surface area (Å²) in [4.78, 5) is 32.3. The number of thiophene rings is 1. The Morgan fingerprint density at radius 1 is 1.25 bits per heavy atom. The standard InChI is InChI=1S/C21H19N3O3S/c1-2-27-21(26)14-6-3-7-15(12-14)23-19-18-17(9-4-10-22-18)20(25)24(19)13-16-8-5-11-28-16/h3-12,19,23H,2,13H2,1H3/t19-/m0/s1. The first-order valence-corrected chi connectivity index (χ1v) is 9.87. The predicted molar refractivity (Wildman–Crippen MR) is 107 cm³/mol. The van der Waals surface area contributed by atoms with Gasteiger partial charge in [0.15, 0.2) is 0 Å². The van der Waals surface area contributed by atoms with Crippen molar-refractivity contribution in [3.8, 4) is 0 Å². The van der Waals surface area contributed by atoms with E-state index >= 15 is 0 Å². The lowest BCUT2D eigenvalue weighted by atomic mass is 10.2. The van der Waals surface area contributed by atoms with Crippen LogP contribution >= 0.6 is 11.3 Å². The summed E-state index contributed by atoms with van der Waals surface area (Å²) in [5, 5.41) is 5.36. The number of amides is 1. The van der Waals surface area contributed by atoms with Crippen LogP contribution in [0.2, 0.25) is 0 Å². The van der Waals surface area contributed by atoms with Crippen LogP contribution in [0.5, 0.6) is 0 Å². The number of nitrogens with zero attached hydrogens (tertiary/aromatic N) is 2. The van der Waals surface area contributed by atoms with Crippen molar-refractivity contribution in [3.63, 3.8) is 0 Å². The molecule has 3 aromatic rings. The van der Waals surface area contributed by atoms with Crippen molar-refractivity contribution in [1.82, 2.24) is 9.88 Å². The fraction of sp³-hybridized carbons (Fsp3) is 0.190. The van der Waals surface area contributed by atoms with Crippen molar-refractivity contribution >= 4 is 28.9 Å². The Hall–Kier alpha value is -3.19. The first-order valence-electron chi connectivity index (χ1n) is 8.99. The molecule has 142 valence electrons.